The Labute approximate surface area is 118 Å². The number of nitrogens with zero attached hydrogens (tertiary/aromatic N) is 1. The molecule has 0 aromatic heterocycles. The van der Waals surface area contributed by atoms with Gasteiger partial charge in [-0.15, -0.1) is 12.4 Å². The molecule has 1 fully saturated rings. The van der Waals surface area contributed by atoms with Crippen LogP contribution in [0, 0.1) is 5.92 Å². The van der Waals surface area contributed by atoms with E-state index in [0.29, 0.717) is 25.0 Å². The van der Waals surface area contributed by atoms with E-state index in [-0.39, 0.29) is 23.4 Å². The highest BCUT2D eigenvalue weighted by molar-refractivity contribution is 7.92. The number of likely N-dealkylation sites (tertiary alicyclic amines) is 1. The second-order valence-electron chi connectivity index (χ2n) is 5.47. The SMILES string of the molecule is CC1CCN(CCS(=O)(=O)C(C)C)C(CN)C1.Cl. The average Bonchev–Trinajstić information content (AvgIpc) is 2.27. The van der Waals surface area contributed by atoms with Gasteiger partial charge in [-0.3, -0.25) is 4.90 Å². The quantitative estimate of drug-likeness (QED) is 0.831. The normalized spacial score (nSPS) is 26.1. The van der Waals surface area contributed by atoms with Gasteiger partial charge in [-0.25, -0.2) is 8.42 Å². The molecule has 6 heteroatoms. The molecule has 4 nitrogen and oxygen atoms in total. The maximum atomic E-state index is 11.8. The van der Waals surface area contributed by atoms with Crippen molar-refractivity contribution in [1.82, 2.24) is 4.90 Å². The van der Waals surface area contributed by atoms with E-state index < -0.39 is 9.84 Å². The third-order valence-electron chi connectivity index (χ3n) is 3.75. The minimum atomic E-state index is -2.93. The Morgan fingerprint density at radius 3 is 2.50 bits per heavy atom. The van der Waals surface area contributed by atoms with Gasteiger partial charge in [0.1, 0.15) is 0 Å². The number of nitrogens with two attached hydrogens (primary N) is 1. The van der Waals surface area contributed by atoms with Crippen LogP contribution in [0.5, 0.6) is 0 Å². The molecule has 18 heavy (non-hydrogen) atoms. The summed E-state index contributed by atoms with van der Waals surface area (Å²) < 4.78 is 23.5. The minimum Gasteiger partial charge on any atom is -0.329 e. The van der Waals surface area contributed by atoms with Crippen LogP contribution in [0.3, 0.4) is 0 Å². The van der Waals surface area contributed by atoms with Crippen molar-refractivity contribution in [2.24, 2.45) is 11.7 Å². The molecule has 110 valence electrons. The summed E-state index contributed by atoms with van der Waals surface area (Å²) in [4.78, 5) is 2.25. The van der Waals surface area contributed by atoms with E-state index in [0.717, 1.165) is 19.4 Å². The molecule has 2 unspecified atom stereocenters. The first-order chi connectivity index (χ1) is 7.86. The van der Waals surface area contributed by atoms with Crippen molar-refractivity contribution in [1.29, 1.82) is 0 Å². The molecule has 1 aliphatic heterocycles. The van der Waals surface area contributed by atoms with Gasteiger partial charge in [0.2, 0.25) is 0 Å². The first kappa shape index (κ1) is 18.2. The van der Waals surface area contributed by atoms with Crippen molar-refractivity contribution < 1.29 is 8.42 Å². The lowest BCUT2D eigenvalue weighted by Gasteiger charge is -2.37. The molecule has 0 aliphatic carbocycles. The van der Waals surface area contributed by atoms with Gasteiger partial charge in [0.25, 0.3) is 0 Å². The first-order valence-corrected chi connectivity index (χ1v) is 8.24. The summed E-state index contributed by atoms with van der Waals surface area (Å²) in [6.07, 6.45) is 2.25. The van der Waals surface area contributed by atoms with Crippen molar-refractivity contribution in [2.45, 2.75) is 44.9 Å². The Morgan fingerprint density at radius 1 is 1.39 bits per heavy atom. The zero-order chi connectivity index (χ0) is 13.1. The fraction of sp³-hybridized carbons (Fsp3) is 1.00. The second kappa shape index (κ2) is 7.68. The maximum Gasteiger partial charge on any atom is 0.153 e. The zero-order valence-electron chi connectivity index (χ0n) is 11.6. The number of rotatable bonds is 5. The zero-order valence-corrected chi connectivity index (χ0v) is 13.3. The Bertz CT molecular complexity index is 333. The largest absolute Gasteiger partial charge is 0.329 e. The van der Waals surface area contributed by atoms with Gasteiger partial charge >= 0.3 is 0 Å². The summed E-state index contributed by atoms with van der Waals surface area (Å²) in [5.74, 6) is 0.969. The summed E-state index contributed by atoms with van der Waals surface area (Å²) in [5, 5.41) is -0.275. The van der Waals surface area contributed by atoms with Crippen molar-refractivity contribution >= 4 is 22.2 Å². The van der Waals surface area contributed by atoms with Crippen LogP contribution in [0.15, 0.2) is 0 Å². The fourth-order valence-electron chi connectivity index (χ4n) is 2.32. The fourth-order valence-corrected chi connectivity index (χ4v) is 3.28. The van der Waals surface area contributed by atoms with E-state index in [9.17, 15) is 8.42 Å². The highest BCUT2D eigenvalue weighted by atomic mass is 35.5. The Hall–Kier alpha value is 0.160. The summed E-state index contributed by atoms with van der Waals surface area (Å²) >= 11 is 0. The molecule has 2 atom stereocenters. The Balaban J connectivity index is 0.00000289. The first-order valence-electron chi connectivity index (χ1n) is 6.52. The minimum absolute atomic E-state index is 0. The van der Waals surface area contributed by atoms with E-state index in [1.165, 1.54) is 0 Å². The van der Waals surface area contributed by atoms with Crippen molar-refractivity contribution in [3.63, 3.8) is 0 Å². The summed E-state index contributed by atoms with van der Waals surface area (Å²) in [7, 11) is -2.93. The van der Waals surface area contributed by atoms with Crippen LogP contribution in [0.2, 0.25) is 0 Å². The topological polar surface area (TPSA) is 63.4 Å². The third kappa shape index (κ3) is 5.03. The molecule has 1 aliphatic rings. The van der Waals surface area contributed by atoms with Crippen LogP contribution in [-0.4, -0.2) is 50.0 Å². The van der Waals surface area contributed by atoms with Gasteiger partial charge < -0.3 is 5.73 Å². The second-order valence-corrected chi connectivity index (χ2v) is 8.15. The molecule has 1 heterocycles. The van der Waals surface area contributed by atoms with Crippen molar-refractivity contribution in [2.75, 3.05) is 25.4 Å². The maximum absolute atomic E-state index is 11.8. The van der Waals surface area contributed by atoms with E-state index in [4.69, 9.17) is 5.73 Å². The van der Waals surface area contributed by atoms with Crippen LogP contribution in [-0.2, 0) is 9.84 Å². The molecule has 1 rings (SSSR count). The van der Waals surface area contributed by atoms with Gasteiger partial charge in [-0.05, 0) is 39.2 Å². The van der Waals surface area contributed by atoms with Gasteiger partial charge in [-0.1, -0.05) is 6.92 Å². The lowest BCUT2D eigenvalue weighted by molar-refractivity contribution is 0.130. The highest BCUT2D eigenvalue weighted by Crippen LogP contribution is 2.21. The molecular formula is C12H27ClN2O2S. The van der Waals surface area contributed by atoms with Crippen LogP contribution >= 0.6 is 12.4 Å². The standard InChI is InChI=1S/C12H26N2O2S.ClH/c1-10(2)17(15,16)7-6-14-5-4-11(3)8-12(14)9-13;/h10-12H,4-9,13H2,1-3H3;1H. The number of hydrogen-bond donors (Lipinski definition) is 1. The molecule has 0 spiro atoms. The van der Waals surface area contributed by atoms with Crippen LogP contribution in [0.1, 0.15) is 33.6 Å². The number of piperidine rings is 1. The van der Waals surface area contributed by atoms with E-state index in [2.05, 4.69) is 11.8 Å². The average molecular weight is 299 g/mol. The monoisotopic (exact) mass is 298 g/mol. The summed E-state index contributed by atoms with van der Waals surface area (Å²) in [6.45, 7) is 7.98. The molecule has 0 radical (unpaired) electrons. The molecule has 0 saturated carbocycles. The predicted molar refractivity (Wildman–Crippen MR) is 79.0 cm³/mol. The van der Waals surface area contributed by atoms with Crippen LogP contribution in [0.4, 0.5) is 0 Å². The Morgan fingerprint density at radius 2 is 2.00 bits per heavy atom. The van der Waals surface area contributed by atoms with Gasteiger partial charge in [0.05, 0.1) is 11.0 Å². The van der Waals surface area contributed by atoms with Crippen molar-refractivity contribution in [3.05, 3.63) is 0 Å². The van der Waals surface area contributed by atoms with Gasteiger partial charge in [0.15, 0.2) is 9.84 Å². The van der Waals surface area contributed by atoms with Gasteiger partial charge in [-0.2, -0.15) is 0 Å². The molecule has 0 aromatic rings. The molecule has 1 saturated heterocycles. The lowest BCUT2D eigenvalue weighted by Crippen LogP contribution is -2.48. The van der Waals surface area contributed by atoms with Crippen molar-refractivity contribution in [3.8, 4) is 0 Å². The number of hydrogen-bond acceptors (Lipinski definition) is 4. The van der Waals surface area contributed by atoms with Crippen LogP contribution in [0.25, 0.3) is 0 Å². The highest BCUT2D eigenvalue weighted by Gasteiger charge is 2.26. The van der Waals surface area contributed by atoms with E-state index >= 15 is 0 Å². The number of halogens is 1. The van der Waals surface area contributed by atoms with E-state index in [1.54, 1.807) is 13.8 Å². The summed E-state index contributed by atoms with van der Waals surface area (Å²) in [6, 6.07) is 0.362. The molecule has 2 N–H and O–H groups in total. The molecular weight excluding hydrogens is 272 g/mol. The molecule has 0 amide bonds. The molecule has 0 aromatic carbocycles. The third-order valence-corrected chi connectivity index (χ3v) is 5.94. The smallest absolute Gasteiger partial charge is 0.153 e. The number of sulfone groups is 1. The Kier molecular flexibility index (Phi) is 7.75. The predicted octanol–water partition coefficient (Wildman–Crippen LogP) is 1.29. The lowest BCUT2D eigenvalue weighted by atomic mass is 9.92. The summed E-state index contributed by atoms with van der Waals surface area (Å²) in [5.41, 5.74) is 5.76. The van der Waals surface area contributed by atoms with E-state index in [1.807, 2.05) is 0 Å². The van der Waals surface area contributed by atoms with Gasteiger partial charge in [0, 0.05) is 19.1 Å². The van der Waals surface area contributed by atoms with Crippen LogP contribution < -0.4 is 5.73 Å². The molecule has 0 bridgehead atoms.